The van der Waals surface area contributed by atoms with Gasteiger partial charge in [-0.25, -0.2) is 8.78 Å². The van der Waals surface area contributed by atoms with Gasteiger partial charge in [-0.2, -0.15) is 0 Å². The van der Waals surface area contributed by atoms with Crippen molar-refractivity contribution in [3.8, 4) is 0 Å². The van der Waals surface area contributed by atoms with Crippen LogP contribution < -0.4 is 5.73 Å². The normalized spacial score (nSPS) is 25.5. The largest absolute Gasteiger partial charge is 0.409 e. The van der Waals surface area contributed by atoms with Gasteiger partial charge >= 0.3 is 0 Å². The number of amidine groups is 1. The SMILES string of the molecule is CC(F)(F)[C@H]1CCCN(CC(N)=NO)C1. The molecule has 0 aromatic heterocycles. The number of oxime groups is 1. The van der Waals surface area contributed by atoms with Crippen LogP contribution in [0, 0.1) is 5.92 Å². The summed E-state index contributed by atoms with van der Waals surface area (Å²) in [6.07, 6.45) is 1.27. The van der Waals surface area contributed by atoms with Gasteiger partial charge < -0.3 is 10.9 Å². The van der Waals surface area contributed by atoms with E-state index in [1.165, 1.54) is 0 Å². The topological polar surface area (TPSA) is 61.8 Å². The summed E-state index contributed by atoms with van der Waals surface area (Å²) in [4.78, 5) is 1.79. The number of rotatable bonds is 3. The van der Waals surface area contributed by atoms with E-state index < -0.39 is 11.8 Å². The monoisotopic (exact) mass is 221 g/mol. The number of piperidine rings is 1. The molecular formula is C9H17F2N3O. The molecule has 1 aliphatic rings. The van der Waals surface area contributed by atoms with Gasteiger partial charge in [0.1, 0.15) is 0 Å². The van der Waals surface area contributed by atoms with E-state index in [9.17, 15) is 8.78 Å². The summed E-state index contributed by atoms with van der Waals surface area (Å²) in [5.41, 5.74) is 5.33. The standard InChI is InChI=1S/C9H17F2N3O/c1-9(10,11)7-3-2-4-14(5-7)6-8(12)13-15/h7,15H,2-6H2,1H3,(H2,12,13)/t7-/m0/s1. The fourth-order valence-electron chi connectivity index (χ4n) is 1.87. The fourth-order valence-corrected chi connectivity index (χ4v) is 1.87. The summed E-state index contributed by atoms with van der Waals surface area (Å²) in [6.45, 7) is 2.23. The molecule has 1 saturated heterocycles. The van der Waals surface area contributed by atoms with Crippen LogP contribution in [0.25, 0.3) is 0 Å². The molecule has 1 rings (SSSR count). The maximum absolute atomic E-state index is 13.1. The van der Waals surface area contributed by atoms with Crippen LogP contribution in [0.2, 0.25) is 0 Å². The van der Waals surface area contributed by atoms with Crippen molar-refractivity contribution in [1.29, 1.82) is 0 Å². The predicted octanol–water partition coefficient (Wildman–Crippen LogP) is 1.10. The molecule has 0 amide bonds. The fraction of sp³-hybridized carbons (Fsp3) is 0.889. The third-order valence-electron chi connectivity index (χ3n) is 2.74. The zero-order valence-electron chi connectivity index (χ0n) is 8.79. The van der Waals surface area contributed by atoms with E-state index in [2.05, 4.69) is 5.16 Å². The number of alkyl halides is 2. The first kappa shape index (κ1) is 12.2. The van der Waals surface area contributed by atoms with Crippen LogP contribution in [0.15, 0.2) is 5.16 Å². The third kappa shape index (κ3) is 3.62. The molecule has 0 spiro atoms. The first-order valence-corrected chi connectivity index (χ1v) is 5.00. The van der Waals surface area contributed by atoms with Crippen molar-refractivity contribution >= 4 is 5.84 Å². The summed E-state index contributed by atoms with van der Waals surface area (Å²) in [5.74, 6) is -3.21. The minimum atomic E-state index is -2.65. The lowest BCUT2D eigenvalue weighted by molar-refractivity contribution is -0.0643. The summed E-state index contributed by atoms with van der Waals surface area (Å²) in [5, 5.41) is 11.2. The van der Waals surface area contributed by atoms with Crippen molar-refractivity contribution in [2.45, 2.75) is 25.7 Å². The van der Waals surface area contributed by atoms with Gasteiger partial charge in [0.05, 0.1) is 6.54 Å². The molecule has 0 bridgehead atoms. The maximum atomic E-state index is 13.1. The van der Waals surface area contributed by atoms with Crippen LogP contribution in [-0.2, 0) is 0 Å². The molecule has 0 unspecified atom stereocenters. The number of likely N-dealkylation sites (tertiary alicyclic amines) is 1. The third-order valence-corrected chi connectivity index (χ3v) is 2.74. The number of nitrogens with two attached hydrogens (primary N) is 1. The highest BCUT2D eigenvalue weighted by Gasteiger charge is 2.37. The molecule has 0 aromatic rings. The molecule has 3 N–H and O–H groups in total. The minimum Gasteiger partial charge on any atom is -0.409 e. The molecule has 1 fully saturated rings. The minimum absolute atomic E-state index is 0.0649. The summed E-state index contributed by atoms with van der Waals surface area (Å²) in [6, 6.07) is 0. The Morgan fingerprint density at radius 2 is 2.33 bits per heavy atom. The molecule has 1 aliphatic heterocycles. The van der Waals surface area contributed by atoms with Crippen molar-refractivity contribution in [3.05, 3.63) is 0 Å². The molecule has 1 heterocycles. The summed E-state index contributed by atoms with van der Waals surface area (Å²) >= 11 is 0. The number of hydrogen-bond donors (Lipinski definition) is 2. The van der Waals surface area contributed by atoms with E-state index in [1.54, 1.807) is 4.90 Å². The quantitative estimate of drug-likeness (QED) is 0.325. The van der Waals surface area contributed by atoms with Gasteiger partial charge in [-0.1, -0.05) is 5.16 Å². The van der Waals surface area contributed by atoms with Crippen LogP contribution in [0.3, 0.4) is 0 Å². The molecule has 6 heteroatoms. The van der Waals surface area contributed by atoms with Gasteiger partial charge in [-0.3, -0.25) is 4.90 Å². The Labute approximate surface area is 87.7 Å². The zero-order valence-corrected chi connectivity index (χ0v) is 8.79. The average molecular weight is 221 g/mol. The van der Waals surface area contributed by atoms with Crippen LogP contribution in [0.1, 0.15) is 19.8 Å². The molecular weight excluding hydrogens is 204 g/mol. The molecule has 0 saturated carbocycles. The van der Waals surface area contributed by atoms with Crippen LogP contribution in [0.4, 0.5) is 8.78 Å². The highest BCUT2D eigenvalue weighted by atomic mass is 19.3. The molecule has 88 valence electrons. The highest BCUT2D eigenvalue weighted by Crippen LogP contribution is 2.31. The second-order valence-corrected chi connectivity index (χ2v) is 4.12. The van der Waals surface area contributed by atoms with Gasteiger partial charge in [0.25, 0.3) is 0 Å². The van der Waals surface area contributed by atoms with Crippen LogP contribution in [-0.4, -0.2) is 41.5 Å². The molecule has 1 atom stereocenters. The highest BCUT2D eigenvalue weighted by molar-refractivity contribution is 5.81. The molecule has 0 radical (unpaired) electrons. The van der Waals surface area contributed by atoms with E-state index in [0.29, 0.717) is 13.0 Å². The van der Waals surface area contributed by atoms with Gasteiger partial charge in [0.2, 0.25) is 5.92 Å². The zero-order chi connectivity index (χ0) is 11.5. The lowest BCUT2D eigenvalue weighted by Gasteiger charge is -2.35. The first-order valence-electron chi connectivity index (χ1n) is 5.00. The molecule has 0 aliphatic carbocycles. The van der Waals surface area contributed by atoms with Crippen molar-refractivity contribution in [2.75, 3.05) is 19.6 Å². The van der Waals surface area contributed by atoms with Crippen molar-refractivity contribution in [2.24, 2.45) is 16.8 Å². The predicted molar refractivity (Wildman–Crippen MR) is 53.2 cm³/mol. The van der Waals surface area contributed by atoms with Gasteiger partial charge in [-0.15, -0.1) is 0 Å². The smallest absolute Gasteiger partial charge is 0.249 e. The Kier molecular flexibility index (Phi) is 3.84. The Bertz CT molecular complexity index is 240. The molecule has 4 nitrogen and oxygen atoms in total. The van der Waals surface area contributed by atoms with E-state index in [0.717, 1.165) is 19.9 Å². The Morgan fingerprint density at radius 1 is 1.67 bits per heavy atom. The maximum Gasteiger partial charge on any atom is 0.249 e. The summed E-state index contributed by atoms with van der Waals surface area (Å²) < 4.78 is 26.1. The van der Waals surface area contributed by atoms with E-state index in [-0.39, 0.29) is 12.4 Å². The average Bonchev–Trinajstić information content (AvgIpc) is 2.17. The lowest BCUT2D eigenvalue weighted by Crippen LogP contribution is -2.45. The molecule has 0 aromatic carbocycles. The van der Waals surface area contributed by atoms with Crippen LogP contribution in [0.5, 0.6) is 0 Å². The number of halogens is 2. The van der Waals surface area contributed by atoms with Gasteiger partial charge in [0, 0.05) is 12.5 Å². The second-order valence-electron chi connectivity index (χ2n) is 4.12. The Balaban J connectivity index is 2.49. The number of hydrogen-bond acceptors (Lipinski definition) is 3. The van der Waals surface area contributed by atoms with Gasteiger partial charge in [0.15, 0.2) is 5.84 Å². The lowest BCUT2D eigenvalue weighted by atomic mass is 9.92. The van der Waals surface area contributed by atoms with Crippen molar-refractivity contribution in [1.82, 2.24) is 4.90 Å². The second kappa shape index (κ2) is 4.74. The van der Waals surface area contributed by atoms with E-state index in [4.69, 9.17) is 10.9 Å². The van der Waals surface area contributed by atoms with Crippen molar-refractivity contribution < 1.29 is 14.0 Å². The number of nitrogens with zero attached hydrogens (tertiary/aromatic N) is 2. The Hall–Kier alpha value is -0.910. The first-order chi connectivity index (χ1) is 6.93. The Morgan fingerprint density at radius 3 is 2.87 bits per heavy atom. The van der Waals surface area contributed by atoms with Crippen LogP contribution >= 0.6 is 0 Å². The molecule has 15 heavy (non-hydrogen) atoms. The van der Waals surface area contributed by atoms with E-state index in [1.807, 2.05) is 0 Å². The van der Waals surface area contributed by atoms with Crippen molar-refractivity contribution in [3.63, 3.8) is 0 Å². The van der Waals surface area contributed by atoms with Gasteiger partial charge in [-0.05, 0) is 26.3 Å². The summed E-state index contributed by atoms with van der Waals surface area (Å²) in [7, 11) is 0. The van der Waals surface area contributed by atoms with E-state index >= 15 is 0 Å².